The summed E-state index contributed by atoms with van der Waals surface area (Å²) in [6, 6.07) is 0. The first kappa shape index (κ1) is 9.16. The Balaban J connectivity index is 2.90. The topological polar surface area (TPSA) is 87.2 Å². The SMILES string of the molecule is CN1NS(=O)c2c1[nH]c(=O)n(C)c2=O. The summed E-state index contributed by atoms with van der Waals surface area (Å²) >= 11 is 0. The maximum atomic E-state index is 11.5. The van der Waals surface area contributed by atoms with Crippen molar-refractivity contribution in [1.29, 1.82) is 0 Å². The molecule has 2 heterocycles. The van der Waals surface area contributed by atoms with Crippen LogP contribution in [0.15, 0.2) is 14.5 Å². The average Bonchev–Trinajstić information content (AvgIpc) is 2.38. The zero-order valence-electron chi connectivity index (χ0n) is 7.53. The number of nitrogens with one attached hydrogen (secondary N) is 2. The van der Waals surface area contributed by atoms with Gasteiger partial charge in [0.25, 0.3) is 5.56 Å². The molecule has 0 saturated heterocycles. The van der Waals surface area contributed by atoms with Crippen LogP contribution in [0.4, 0.5) is 5.82 Å². The summed E-state index contributed by atoms with van der Waals surface area (Å²) in [5, 5.41) is 1.36. The van der Waals surface area contributed by atoms with Gasteiger partial charge in [-0.3, -0.25) is 19.4 Å². The highest BCUT2D eigenvalue weighted by atomic mass is 32.2. The first-order chi connectivity index (χ1) is 6.52. The summed E-state index contributed by atoms with van der Waals surface area (Å²) in [6.45, 7) is 0. The fraction of sp³-hybridized carbons (Fsp3) is 0.333. The van der Waals surface area contributed by atoms with Crippen LogP contribution in [0.2, 0.25) is 0 Å². The van der Waals surface area contributed by atoms with Gasteiger partial charge in [0.1, 0.15) is 5.82 Å². The van der Waals surface area contributed by atoms with Crippen molar-refractivity contribution in [1.82, 2.24) is 14.4 Å². The Kier molecular flexibility index (Phi) is 1.82. The molecule has 1 atom stereocenters. The van der Waals surface area contributed by atoms with E-state index >= 15 is 0 Å². The minimum Gasteiger partial charge on any atom is -0.291 e. The van der Waals surface area contributed by atoms with Gasteiger partial charge in [-0.05, 0) is 0 Å². The fourth-order valence-corrected chi connectivity index (χ4v) is 2.30. The normalized spacial score (nSPS) is 19.9. The van der Waals surface area contributed by atoms with Crippen LogP contribution in [0, 0.1) is 0 Å². The fourth-order valence-electron chi connectivity index (χ4n) is 1.21. The zero-order chi connectivity index (χ0) is 10.5. The highest BCUT2D eigenvalue weighted by molar-refractivity contribution is 7.83. The lowest BCUT2D eigenvalue weighted by Gasteiger charge is -2.08. The van der Waals surface area contributed by atoms with Gasteiger partial charge in [0.2, 0.25) is 0 Å². The Hall–Kier alpha value is -1.41. The lowest BCUT2D eigenvalue weighted by atomic mass is 10.5. The van der Waals surface area contributed by atoms with Crippen LogP contribution in [0.5, 0.6) is 0 Å². The van der Waals surface area contributed by atoms with E-state index in [1.807, 2.05) is 0 Å². The van der Waals surface area contributed by atoms with E-state index in [0.717, 1.165) is 4.57 Å². The molecule has 0 aromatic carbocycles. The third-order valence-corrected chi connectivity index (χ3v) is 3.16. The quantitative estimate of drug-likeness (QED) is 0.527. The third kappa shape index (κ3) is 1.04. The second-order valence-corrected chi connectivity index (χ2v) is 4.02. The molecule has 0 fully saturated rings. The second-order valence-electron chi connectivity index (χ2n) is 2.89. The molecule has 0 radical (unpaired) electrons. The molecule has 14 heavy (non-hydrogen) atoms. The van der Waals surface area contributed by atoms with Gasteiger partial charge in [-0.1, -0.05) is 0 Å². The molecule has 0 bridgehead atoms. The van der Waals surface area contributed by atoms with Gasteiger partial charge in [0, 0.05) is 14.1 Å². The first-order valence-electron chi connectivity index (χ1n) is 3.77. The molecule has 1 aromatic heterocycles. The van der Waals surface area contributed by atoms with Gasteiger partial charge in [0.05, 0.1) is 0 Å². The maximum Gasteiger partial charge on any atom is 0.329 e. The predicted octanol–water partition coefficient (Wildman–Crippen LogP) is -1.95. The van der Waals surface area contributed by atoms with Gasteiger partial charge in [-0.2, -0.15) is 0 Å². The Morgan fingerprint density at radius 3 is 2.57 bits per heavy atom. The van der Waals surface area contributed by atoms with E-state index in [0.29, 0.717) is 0 Å². The number of nitrogens with zero attached hydrogens (tertiary/aromatic N) is 2. The first-order valence-corrected chi connectivity index (χ1v) is 4.92. The molecule has 2 N–H and O–H groups in total. The maximum absolute atomic E-state index is 11.5. The lowest BCUT2D eigenvalue weighted by Crippen LogP contribution is -2.34. The summed E-state index contributed by atoms with van der Waals surface area (Å²) in [5.41, 5.74) is -1.07. The van der Waals surface area contributed by atoms with Crippen molar-refractivity contribution in [2.24, 2.45) is 7.05 Å². The monoisotopic (exact) mass is 216 g/mol. The minimum absolute atomic E-state index is 0.0783. The van der Waals surface area contributed by atoms with Crippen LogP contribution in [0.3, 0.4) is 0 Å². The summed E-state index contributed by atoms with van der Waals surface area (Å²) < 4.78 is 12.3. The molecule has 1 aliphatic rings. The third-order valence-electron chi connectivity index (χ3n) is 1.98. The minimum atomic E-state index is -1.59. The molecule has 1 aliphatic heterocycles. The van der Waals surface area contributed by atoms with E-state index in [4.69, 9.17) is 0 Å². The van der Waals surface area contributed by atoms with E-state index in [9.17, 15) is 13.8 Å². The molecule has 8 heteroatoms. The average molecular weight is 216 g/mol. The molecule has 7 nitrogen and oxygen atoms in total. The van der Waals surface area contributed by atoms with Crippen molar-refractivity contribution >= 4 is 16.8 Å². The van der Waals surface area contributed by atoms with Crippen LogP contribution < -0.4 is 21.1 Å². The standard InChI is InChI=1S/C6H8N4O3S/c1-9-5(11)3-4(7-6(9)12)10(2)8-14(3)13/h8H,1-2H3,(H,7,12). The molecule has 1 unspecified atom stereocenters. The van der Waals surface area contributed by atoms with Gasteiger partial charge in [-0.25, -0.2) is 9.00 Å². The van der Waals surface area contributed by atoms with Crippen molar-refractivity contribution in [3.63, 3.8) is 0 Å². The van der Waals surface area contributed by atoms with Crippen molar-refractivity contribution < 1.29 is 4.21 Å². The lowest BCUT2D eigenvalue weighted by molar-refractivity contribution is 0.675. The van der Waals surface area contributed by atoms with Crippen molar-refractivity contribution in [3.8, 4) is 0 Å². The van der Waals surface area contributed by atoms with E-state index in [1.54, 1.807) is 7.05 Å². The summed E-state index contributed by atoms with van der Waals surface area (Å²) in [6.07, 6.45) is 0. The molecular weight excluding hydrogens is 208 g/mol. The van der Waals surface area contributed by atoms with Gasteiger partial charge in [0.15, 0.2) is 15.9 Å². The van der Waals surface area contributed by atoms with Gasteiger partial charge in [-0.15, -0.1) is 4.83 Å². The number of fused-ring (bicyclic) bond motifs is 1. The van der Waals surface area contributed by atoms with Gasteiger partial charge >= 0.3 is 5.69 Å². The summed E-state index contributed by atoms with van der Waals surface area (Å²) in [5.74, 6) is 0.261. The van der Waals surface area contributed by atoms with Crippen LogP contribution in [0.25, 0.3) is 0 Å². The number of hydrazine groups is 1. The number of rotatable bonds is 0. The summed E-state index contributed by atoms with van der Waals surface area (Å²) in [4.78, 5) is 27.8. The van der Waals surface area contributed by atoms with E-state index in [-0.39, 0.29) is 10.7 Å². The van der Waals surface area contributed by atoms with Crippen molar-refractivity contribution in [2.75, 3.05) is 12.1 Å². The van der Waals surface area contributed by atoms with Crippen LogP contribution in [-0.4, -0.2) is 20.8 Å². The smallest absolute Gasteiger partial charge is 0.291 e. The molecule has 0 aliphatic carbocycles. The molecule has 0 amide bonds. The number of hydrogen-bond acceptors (Lipinski definition) is 4. The van der Waals surface area contributed by atoms with Crippen LogP contribution >= 0.6 is 0 Å². The van der Waals surface area contributed by atoms with Crippen LogP contribution in [0.1, 0.15) is 0 Å². The Labute approximate surface area is 80.9 Å². The number of aromatic amines is 1. The predicted molar refractivity (Wildman–Crippen MR) is 50.3 cm³/mol. The van der Waals surface area contributed by atoms with Crippen molar-refractivity contribution in [2.45, 2.75) is 4.90 Å². The van der Waals surface area contributed by atoms with Crippen molar-refractivity contribution in [3.05, 3.63) is 20.8 Å². The van der Waals surface area contributed by atoms with E-state index < -0.39 is 22.2 Å². The largest absolute Gasteiger partial charge is 0.329 e. The number of H-pyrrole nitrogens is 1. The molecular formula is C6H8N4O3S. The van der Waals surface area contributed by atoms with Gasteiger partial charge < -0.3 is 0 Å². The Bertz CT molecular complexity index is 531. The molecule has 76 valence electrons. The molecule has 2 rings (SSSR count). The Morgan fingerprint density at radius 1 is 1.29 bits per heavy atom. The molecule has 1 aromatic rings. The zero-order valence-corrected chi connectivity index (χ0v) is 8.34. The number of anilines is 1. The molecule has 0 spiro atoms. The van der Waals surface area contributed by atoms with Crippen LogP contribution in [-0.2, 0) is 18.0 Å². The number of aromatic nitrogens is 2. The molecule has 0 saturated carbocycles. The van der Waals surface area contributed by atoms with E-state index in [2.05, 4.69) is 9.82 Å². The second kappa shape index (κ2) is 2.79. The number of hydrogen-bond donors (Lipinski definition) is 2. The Morgan fingerprint density at radius 2 is 1.93 bits per heavy atom. The van der Waals surface area contributed by atoms with E-state index in [1.165, 1.54) is 12.1 Å². The highest BCUT2D eigenvalue weighted by Crippen LogP contribution is 2.18. The summed E-state index contributed by atoms with van der Waals surface area (Å²) in [7, 11) is 1.31. The highest BCUT2D eigenvalue weighted by Gasteiger charge is 2.28.